The number of nitrogen functional groups attached to an aromatic ring is 1. The van der Waals surface area contributed by atoms with Crippen molar-refractivity contribution in [3.8, 4) is 0 Å². The number of benzene rings is 1. The SMILES string of the molecule is CCCc1cc(N2CCNC[C@H]2C)nc(Nc2ccc(F)c(N)c2)n1. The summed E-state index contributed by atoms with van der Waals surface area (Å²) in [7, 11) is 0. The van der Waals surface area contributed by atoms with Gasteiger partial charge in [-0.1, -0.05) is 13.3 Å². The van der Waals surface area contributed by atoms with E-state index in [1.807, 2.05) is 0 Å². The number of aromatic nitrogens is 2. The number of hydrogen-bond donors (Lipinski definition) is 3. The first kappa shape index (κ1) is 17.4. The lowest BCUT2D eigenvalue weighted by Gasteiger charge is -2.35. The summed E-state index contributed by atoms with van der Waals surface area (Å²) in [6.07, 6.45) is 1.90. The van der Waals surface area contributed by atoms with Gasteiger partial charge in [-0.25, -0.2) is 9.37 Å². The number of aryl methyl sites for hydroxylation is 1. The van der Waals surface area contributed by atoms with E-state index in [1.54, 1.807) is 12.1 Å². The minimum atomic E-state index is -0.429. The Morgan fingerprint density at radius 2 is 2.20 bits per heavy atom. The number of nitrogens with zero attached hydrogens (tertiary/aromatic N) is 3. The van der Waals surface area contributed by atoms with E-state index in [-0.39, 0.29) is 5.69 Å². The predicted molar refractivity (Wildman–Crippen MR) is 99.8 cm³/mol. The van der Waals surface area contributed by atoms with Crippen LogP contribution in [0.3, 0.4) is 0 Å². The lowest BCUT2D eigenvalue weighted by Crippen LogP contribution is -2.50. The maximum absolute atomic E-state index is 13.4. The number of nitrogens with two attached hydrogens (primary N) is 1. The summed E-state index contributed by atoms with van der Waals surface area (Å²) in [5.41, 5.74) is 7.42. The van der Waals surface area contributed by atoms with Crippen LogP contribution in [-0.4, -0.2) is 35.6 Å². The number of piperazine rings is 1. The molecule has 0 unspecified atom stereocenters. The van der Waals surface area contributed by atoms with Crippen LogP contribution in [0, 0.1) is 5.82 Å². The van der Waals surface area contributed by atoms with E-state index in [4.69, 9.17) is 5.73 Å². The molecule has 2 aromatic rings. The Labute approximate surface area is 147 Å². The highest BCUT2D eigenvalue weighted by Crippen LogP contribution is 2.23. The van der Waals surface area contributed by atoms with Gasteiger partial charge in [0, 0.05) is 43.1 Å². The molecule has 1 aromatic heterocycles. The second kappa shape index (κ2) is 7.65. The van der Waals surface area contributed by atoms with Crippen molar-refractivity contribution in [1.29, 1.82) is 0 Å². The molecule has 1 aliphatic rings. The lowest BCUT2D eigenvalue weighted by atomic mass is 10.2. The first-order valence-electron chi connectivity index (χ1n) is 8.74. The Morgan fingerprint density at radius 1 is 1.36 bits per heavy atom. The van der Waals surface area contributed by atoms with Gasteiger partial charge in [0.05, 0.1) is 5.69 Å². The van der Waals surface area contributed by atoms with E-state index in [1.165, 1.54) is 6.07 Å². The smallest absolute Gasteiger partial charge is 0.229 e. The third kappa shape index (κ3) is 4.17. The fourth-order valence-corrected chi connectivity index (χ4v) is 3.00. The van der Waals surface area contributed by atoms with Crippen LogP contribution in [0.1, 0.15) is 26.0 Å². The highest BCUT2D eigenvalue weighted by Gasteiger charge is 2.20. The number of rotatable bonds is 5. The monoisotopic (exact) mass is 344 g/mol. The molecule has 0 radical (unpaired) electrons. The van der Waals surface area contributed by atoms with Gasteiger partial charge in [-0.15, -0.1) is 0 Å². The van der Waals surface area contributed by atoms with Gasteiger partial charge in [0.2, 0.25) is 5.95 Å². The van der Waals surface area contributed by atoms with E-state index in [9.17, 15) is 4.39 Å². The van der Waals surface area contributed by atoms with Gasteiger partial charge in [0.25, 0.3) is 0 Å². The van der Waals surface area contributed by atoms with E-state index >= 15 is 0 Å². The van der Waals surface area contributed by atoms with Crippen LogP contribution in [0.5, 0.6) is 0 Å². The summed E-state index contributed by atoms with van der Waals surface area (Å²) in [5.74, 6) is 1.00. The summed E-state index contributed by atoms with van der Waals surface area (Å²) in [5, 5.41) is 6.54. The molecule has 0 aliphatic carbocycles. The van der Waals surface area contributed by atoms with Gasteiger partial charge in [-0.05, 0) is 31.5 Å². The number of hydrogen-bond acceptors (Lipinski definition) is 6. The second-order valence-corrected chi connectivity index (χ2v) is 6.40. The van der Waals surface area contributed by atoms with Crippen LogP contribution < -0.4 is 21.3 Å². The molecular formula is C18H25FN6. The minimum Gasteiger partial charge on any atom is -0.396 e. The third-order valence-corrected chi connectivity index (χ3v) is 4.32. The van der Waals surface area contributed by atoms with Crippen LogP contribution in [0.25, 0.3) is 0 Å². The zero-order valence-electron chi connectivity index (χ0n) is 14.7. The Bertz CT molecular complexity index is 736. The van der Waals surface area contributed by atoms with Gasteiger partial charge in [0.1, 0.15) is 11.6 Å². The molecule has 134 valence electrons. The van der Waals surface area contributed by atoms with E-state index in [2.05, 4.69) is 45.4 Å². The first-order chi connectivity index (χ1) is 12.1. The maximum atomic E-state index is 13.4. The largest absolute Gasteiger partial charge is 0.396 e. The molecule has 0 bridgehead atoms. The van der Waals surface area contributed by atoms with Gasteiger partial charge in [-0.3, -0.25) is 0 Å². The van der Waals surface area contributed by atoms with Crippen LogP contribution in [0.2, 0.25) is 0 Å². The summed E-state index contributed by atoms with van der Waals surface area (Å²) >= 11 is 0. The molecule has 0 saturated carbocycles. The van der Waals surface area contributed by atoms with Crippen molar-refractivity contribution in [2.75, 3.05) is 35.6 Å². The third-order valence-electron chi connectivity index (χ3n) is 4.32. The van der Waals surface area contributed by atoms with Crippen molar-refractivity contribution < 1.29 is 4.39 Å². The normalized spacial score (nSPS) is 17.6. The molecule has 0 spiro atoms. The molecule has 7 heteroatoms. The number of nitrogens with one attached hydrogen (secondary N) is 2. The highest BCUT2D eigenvalue weighted by molar-refractivity contribution is 5.61. The molecule has 1 fully saturated rings. The fraction of sp³-hybridized carbons (Fsp3) is 0.444. The average molecular weight is 344 g/mol. The molecule has 1 aromatic carbocycles. The summed E-state index contributed by atoms with van der Waals surface area (Å²) in [6.45, 7) is 7.09. The Kier molecular flexibility index (Phi) is 5.33. The van der Waals surface area contributed by atoms with Crippen LogP contribution in [0.15, 0.2) is 24.3 Å². The molecule has 4 N–H and O–H groups in total. The molecular weight excluding hydrogens is 319 g/mol. The van der Waals surface area contributed by atoms with E-state index in [0.717, 1.165) is 44.0 Å². The summed E-state index contributed by atoms with van der Waals surface area (Å²) in [4.78, 5) is 11.6. The standard InChI is InChI=1S/C18H25FN6/c1-3-4-13-10-17(25-8-7-21-11-12(25)2)24-18(22-13)23-14-5-6-15(19)16(20)9-14/h5-6,9-10,12,21H,3-4,7-8,11,20H2,1-2H3,(H,22,23,24)/t12-/m1/s1. The van der Waals surface area contributed by atoms with Crippen molar-refractivity contribution >= 4 is 23.1 Å². The van der Waals surface area contributed by atoms with E-state index in [0.29, 0.717) is 17.7 Å². The Morgan fingerprint density at radius 3 is 2.92 bits per heavy atom. The van der Waals surface area contributed by atoms with Gasteiger partial charge >= 0.3 is 0 Å². The van der Waals surface area contributed by atoms with Gasteiger partial charge in [0.15, 0.2) is 0 Å². The topological polar surface area (TPSA) is 79.1 Å². The fourth-order valence-electron chi connectivity index (χ4n) is 3.00. The van der Waals surface area contributed by atoms with Crippen molar-refractivity contribution in [2.24, 2.45) is 0 Å². The van der Waals surface area contributed by atoms with Crippen molar-refractivity contribution in [3.05, 3.63) is 35.8 Å². The van der Waals surface area contributed by atoms with Gasteiger partial charge < -0.3 is 21.3 Å². The molecule has 6 nitrogen and oxygen atoms in total. The number of halogens is 1. The quantitative estimate of drug-likeness (QED) is 0.724. The first-order valence-corrected chi connectivity index (χ1v) is 8.74. The van der Waals surface area contributed by atoms with Crippen molar-refractivity contribution in [3.63, 3.8) is 0 Å². The molecule has 3 rings (SSSR count). The van der Waals surface area contributed by atoms with Crippen LogP contribution in [-0.2, 0) is 6.42 Å². The second-order valence-electron chi connectivity index (χ2n) is 6.40. The Balaban J connectivity index is 1.90. The zero-order valence-corrected chi connectivity index (χ0v) is 14.7. The molecule has 1 aliphatic heterocycles. The van der Waals surface area contributed by atoms with E-state index < -0.39 is 5.82 Å². The molecule has 0 amide bonds. The summed E-state index contributed by atoms with van der Waals surface area (Å²) < 4.78 is 13.4. The van der Waals surface area contributed by atoms with Crippen molar-refractivity contribution in [2.45, 2.75) is 32.7 Å². The zero-order chi connectivity index (χ0) is 17.8. The lowest BCUT2D eigenvalue weighted by molar-refractivity contribution is 0.497. The molecule has 1 saturated heterocycles. The molecule has 1 atom stereocenters. The Hall–Kier alpha value is -2.41. The molecule has 25 heavy (non-hydrogen) atoms. The minimum absolute atomic E-state index is 0.102. The van der Waals surface area contributed by atoms with Crippen molar-refractivity contribution in [1.82, 2.24) is 15.3 Å². The maximum Gasteiger partial charge on any atom is 0.229 e. The highest BCUT2D eigenvalue weighted by atomic mass is 19.1. The van der Waals surface area contributed by atoms with Gasteiger partial charge in [-0.2, -0.15) is 4.98 Å². The van der Waals surface area contributed by atoms with Crippen LogP contribution in [0.4, 0.5) is 27.5 Å². The molecule has 2 heterocycles. The predicted octanol–water partition coefficient (Wildman–Crippen LogP) is 2.69. The summed E-state index contributed by atoms with van der Waals surface area (Å²) in [6, 6.07) is 6.96. The number of anilines is 4. The average Bonchev–Trinajstić information content (AvgIpc) is 2.59. The van der Waals surface area contributed by atoms with Crippen LogP contribution >= 0.6 is 0 Å².